The van der Waals surface area contributed by atoms with E-state index in [-0.39, 0.29) is 5.60 Å². The van der Waals surface area contributed by atoms with Gasteiger partial charge in [-0.1, -0.05) is 51.2 Å². The highest BCUT2D eigenvalue weighted by molar-refractivity contribution is 5.18. The molecule has 0 amide bonds. The zero-order valence-corrected chi connectivity index (χ0v) is 17.4. The molecule has 2 saturated carbocycles. The van der Waals surface area contributed by atoms with Crippen molar-refractivity contribution in [1.29, 1.82) is 5.26 Å². The van der Waals surface area contributed by atoms with Crippen LogP contribution in [0.4, 0.5) is 4.39 Å². The Bertz CT molecular complexity index is 517. The van der Waals surface area contributed by atoms with Gasteiger partial charge in [0.25, 0.3) is 0 Å². The van der Waals surface area contributed by atoms with Crippen LogP contribution in [-0.2, 0) is 4.74 Å². The first-order chi connectivity index (χ1) is 13.1. The first-order valence-corrected chi connectivity index (χ1v) is 11.1. The summed E-state index contributed by atoms with van der Waals surface area (Å²) >= 11 is 0. The lowest BCUT2D eigenvalue weighted by molar-refractivity contribution is -0.0618. The maximum atomic E-state index is 12.8. The molecular weight excluding hydrogens is 337 g/mol. The molecule has 0 saturated heterocycles. The minimum absolute atomic E-state index is 0.00332. The van der Waals surface area contributed by atoms with Gasteiger partial charge in [0.05, 0.1) is 5.60 Å². The van der Waals surface area contributed by atoms with Gasteiger partial charge in [-0.2, -0.15) is 9.65 Å². The fourth-order valence-electron chi connectivity index (χ4n) is 5.27. The Labute approximate surface area is 165 Å². The van der Waals surface area contributed by atoms with Gasteiger partial charge in [-0.25, -0.2) is 0 Å². The van der Waals surface area contributed by atoms with Crippen molar-refractivity contribution in [2.75, 3.05) is 7.11 Å². The summed E-state index contributed by atoms with van der Waals surface area (Å²) in [4.78, 5) is 0. The van der Waals surface area contributed by atoms with Crippen molar-refractivity contribution in [2.24, 2.45) is 17.8 Å². The number of nitrogens with zero attached hydrogens (tertiary/aromatic N) is 1. The van der Waals surface area contributed by atoms with E-state index >= 15 is 0 Å². The van der Waals surface area contributed by atoms with Crippen LogP contribution < -0.4 is 0 Å². The average Bonchev–Trinajstić information content (AvgIpc) is 2.72. The minimum Gasteiger partial charge on any atom is -0.378 e. The van der Waals surface area contributed by atoms with Gasteiger partial charge in [0.1, 0.15) is 6.07 Å². The number of nitriles is 1. The lowest BCUT2D eigenvalue weighted by atomic mass is 9.67. The van der Waals surface area contributed by atoms with Crippen molar-refractivity contribution >= 4 is 0 Å². The summed E-state index contributed by atoms with van der Waals surface area (Å²) in [6.07, 6.45) is 21.5. The minimum atomic E-state index is -0.738. The van der Waals surface area contributed by atoms with E-state index in [2.05, 4.69) is 6.92 Å². The van der Waals surface area contributed by atoms with Gasteiger partial charge < -0.3 is 4.74 Å². The highest BCUT2D eigenvalue weighted by Crippen LogP contribution is 2.45. The van der Waals surface area contributed by atoms with Gasteiger partial charge in [0.2, 0.25) is 0 Å². The first kappa shape index (κ1) is 22.2. The molecule has 2 nitrogen and oxygen atoms in total. The first-order valence-electron chi connectivity index (χ1n) is 11.1. The molecule has 0 spiro atoms. The molecule has 0 bridgehead atoms. The zero-order chi connectivity index (χ0) is 19.5. The number of hydrogen-bond acceptors (Lipinski definition) is 2. The maximum Gasteiger partial charge on any atom is 0.199 e. The molecule has 0 atom stereocenters. The summed E-state index contributed by atoms with van der Waals surface area (Å²) in [7, 11) is 1.85. The molecule has 2 fully saturated rings. The molecule has 2 aliphatic rings. The molecule has 0 aromatic heterocycles. The van der Waals surface area contributed by atoms with Gasteiger partial charge in [-0.3, -0.25) is 0 Å². The summed E-state index contributed by atoms with van der Waals surface area (Å²) in [5.74, 6) is 2.09. The third kappa shape index (κ3) is 7.07. The molecule has 0 aromatic rings. The van der Waals surface area contributed by atoms with E-state index in [1.165, 1.54) is 69.9 Å². The van der Waals surface area contributed by atoms with E-state index in [0.29, 0.717) is 0 Å². The Balaban J connectivity index is 1.73. The van der Waals surface area contributed by atoms with Crippen LogP contribution in [-0.4, -0.2) is 12.7 Å². The molecule has 0 unspecified atom stereocenters. The van der Waals surface area contributed by atoms with Crippen LogP contribution >= 0.6 is 0 Å². The smallest absolute Gasteiger partial charge is 0.199 e. The molecule has 0 aromatic carbocycles. The summed E-state index contributed by atoms with van der Waals surface area (Å²) in [5, 5.41) is 8.41. The van der Waals surface area contributed by atoms with Crippen LogP contribution in [0.2, 0.25) is 0 Å². The van der Waals surface area contributed by atoms with Crippen molar-refractivity contribution in [3.8, 4) is 6.07 Å². The number of unbranched alkanes of at least 4 members (excludes halogenated alkanes) is 1. The van der Waals surface area contributed by atoms with Crippen LogP contribution in [0.15, 0.2) is 24.1 Å². The molecule has 152 valence electrons. The van der Waals surface area contributed by atoms with Crippen molar-refractivity contribution in [3.05, 3.63) is 24.1 Å². The van der Waals surface area contributed by atoms with Crippen LogP contribution in [0.3, 0.4) is 0 Å². The highest BCUT2D eigenvalue weighted by atomic mass is 19.1. The molecule has 0 N–H and O–H groups in total. The van der Waals surface area contributed by atoms with Crippen molar-refractivity contribution in [2.45, 2.75) is 96.0 Å². The predicted octanol–water partition coefficient (Wildman–Crippen LogP) is 7.27. The molecule has 3 heteroatoms. The Morgan fingerprint density at radius 3 is 2.41 bits per heavy atom. The average molecular weight is 376 g/mol. The standard InChI is InChI=1S/C24H38FNO/c1-3-4-8-20-10-12-21(13-11-20)22-14-17-24(27-2,18-15-22)16-7-5-6-9-23(25)19-26/h5-6,9,20-22H,3-4,7-8,10-18H2,1-2H3. The van der Waals surface area contributed by atoms with Gasteiger partial charge in [-0.05, 0) is 75.2 Å². The third-order valence-electron chi connectivity index (χ3n) is 7.15. The molecule has 0 aliphatic heterocycles. The van der Waals surface area contributed by atoms with Crippen molar-refractivity contribution < 1.29 is 9.13 Å². The van der Waals surface area contributed by atoms with E-state index in [1.54, 1.807) is 6.08 Å². The van der Waals surface area contributed by atoms with E-state index in [1.807, 2.05) is 13.2 Å². The molecule has 2 aliphatic carbocycles. The fraction of sp³-hybridized carbons (Fsp3) is 0.792. The van der Waals surface area contributed by atoms with Crippen LogP contribution in [0.1, 0.15) is 90.4 Å². The van der Waals surface area contributed by atoms with Gasteiger partial charge in [-0.15, -0.1) is 0 Å². The topological polar surface area (TPSA) is 33.0 Å². The second-order valence-electron chi connectivity index (χ2n) is 8.74. The molecule has 0 radical (unpaired) electrons. The third-order valence-corrected chi connectivity index (χ3v) is 7.15. The SMILES string of the molecule is CCCCC1CCC(C2CCC(CCC=CC=C(F)C#N)(OC)CC2)CC1. The number of methoxy groups -OCH3 is 1. The predicted molar refractivity (Wildman–Crippen MR) is 110 cm³/mol. The van der Waals surface area contributed by atoms with Gasteiger partial charge in [0, 0.05) is 7.11 Å². The van der Waals surface area contributed by atoms with E-state index in [9.17, 15) is 4.39 Å². The number of ether oxygens (including phenoxy) is 1. The number of halogens is 1. The summed E-state index contributed by atoms with van der Waals surface area (Å²) in [6.45, 7) is 2.30. The molecule has 2 rings (SSSR count). The number of hydrogen-bond donors (Lipinski definition) is 0. The van der Waals surface area contributed by atoms with Gasteiger partial charge >= 0.3 is 0 Å². The normalized spacial score (nSPS) is 32.5. The summed E-state index contributed by atoms with van der Waals surface area (Å²) in [6, 6.07) is 1.49. The fourth-order valence-corrected chi connectivity index (χ4v) is 5.27. The highest BCUT2D eigenvalue weighted by Gasteiger charge is 2.38. The summed E-state index contributed by atoms with van der Waals surface area (Å²) in [5.41, 5.74) is -0.00332. The Morgan fingerprint density at radius 2 is 1.81 bits per heavy atom. The van der Waals surface area contributed by atoms with Crippen molar-refractivity contribution in [1.82, 2.24) is 0 Å². The Kier molecular flexibility index (Phi) is 9.56. The number of allylic oxidation sites excluding steroid dienone is 4. The lowest BCUT2D eigenvalue weighted by Gasteiger charge is -2.43. The second kappa shape index (κ2) is 11.6. The van der Waals surface area contributed by atoms with Gasteiger partial charge in [0.15, 0.2) is 5.83 Å². The largest absolute Gasteiger partial charge is 0.378 e. The monoisotopic (exact) mass is 375 g/mol. The van der Waals surface area contributed by atoms with E-state index in [0.717, 1.165) is 43.4 Å². The number of rotatable bonds is 9. The zero-order valence-electron chi connectivity index (χ0n) is 17.4. The van der Waals surface area contributed by atoms with Crippen LogP contribution in [0.25, 0.3) is 0 Å². The molecular formula is C24H38FNO. The second-order valence-corrected chi connectivity index (χ2v) is 8.74. The maximum absolute atomic E-state index is 12.8. The van der Waals surface area contributed by atoms with E-state index < -0.39 is 5.83 Å². The van der Waals surface area contributed by atoms with Crippen LogP contribution in [0, 0.1) is 29.1 Å². The Hall–Kier alpha value is -1.14. The van der Waals surface area contributed by atoms with E-state index in [4.69, 9.17) is 10.00 Å². The molecule has 0 heterocycles. The quantitative estimate of drug-likeness (QED) is 0.313. The van der Waals surface area contributed by atoms with Crippen molar-refractivity contribution in [3.63, 3.8) is 0 Å². The van der Waals surface area contributed by atoms with Crippen LogP contribution in [0.5, 0.6) is 0 Å². The summed E-state index contributed by atoms with van der Waals surface area (Å²) < 4.78 is 18.7. The Morgan fingerprint density at radius 1 is 1.15 bits per heavy atom. The lowest BCUT2D eigenvalue weighted by Crippen LogP contribution is -2.38. The molecule has 27 heavy (non-hydrogen) atoms.